The van der Waals surface area contributed by atoms with E-state index in [4.69, 9.17) is 16.3 Å². The highest BCUT2D eigenvalue weighted by atomic mass is 35.5. The summed E-state index contributed by atoms with van der Waals surface area (Å²) in [6, 6.07) is 3.12. The van der Waals surface area contributed by atoms with E-state index in [-0.39, 0.29) is 35.2 Å². The van der Waals surface area contributed by atoms with Gasteiger partial charge in [0.1, 0.15) is 22.7 Å². The van der Waals surface area contributed by atoms with E-state index in [1.54, 1.807) is 20.8 Å². The van der Waals surface area contributed by atoms with Gasteiger partial charge in [-0.05, 0) is 37.8 Å². The normalized spacial score (nSPS) is 22.2. The highest BCUT2D eigenvalue weighted by Crippen LogP contribution is 2.41. The molecule has 2 aliphatic rings. The number of hydrogen-bond acceptors (Lipinski definition) is 6. The number of halogens is 1. The quantitative estimate of drug-likeness (QED) is 0.443. The Bertz CT molecular complexity index is 786. The average molecular weight is 429 g/mol. The van der Waals surface area contributed by atoms with Crippen LogP contribution in [0.2, 0.25) is 0 Å². The molecule has 9 heteroatoms. The first-order valence-corrected chi connectivity index (χ1v) is 11.0. The maximum absolute atomic E-state index is 12.7. The fraction of sp³-hybridized carbons (Fsp3) is 0.500. The number of β-lactam (4-membered cyclic amide) rings is 1. The van der Waals surface area contributed by atoms with E-state index in [0.717, 1.165) is 4.88 Å². The van der Waals surface area contributed by atoms with Crippen molar-refractivity contribution in [2.75, 3.05) is 11.6 Å². The third kappa shape index (κ3) is 4.33. The Morgan fingerprint density at radius 1 is 1.41 bits per heavy atom. The van der Waals surface area contributed by atoms with Gasteiger partial charge in [0, 0.05) is 16.5 Å². The molecule has 0 aliphatic carbocycles. The van der Waals surface area contributed by atoms with E-state index in [0.29, 0.717) is 11.3 Å². The van der Waals surface area contributed by atoms with Gasteiger partial charge in [-0.2, -0.15) is 0 Å². The molecule has 0 bridgehead atoms. The summed E-state index contributed by atoms with van der Waals surface area (Å²) in [5, 5.41) is 4.38. The van der Waals surface area contributed by atoms with Crippen molar-refractivity contribution >= 4 is 52.5 Å². The van der Waals surface area contributed by atoms with Crippen molar-refractivity contribution in [1.82, 2.24) is 10.2 Å². The first-order chi connectivity index (χ1) is 12.7. The summed E-state index contributed by atoms with van der Waals surface area (Å²) >= 11 is 8.98. The second-order valence-corrected chi connectivity index (χ2v) is 9.70. The van der Waals surface area contributed by atoms with Crippen molar-refractivity contribution in [1.29, 1.82) is 0 Å². The maximum Gasteiger partial charge on any atom is 0.355 e. The molecule has 2 amide bonds. The van der Waals surface area contributed by atoms with Gasteiger partial charge < -0.3 is 10.1 Å². The SMILES string of the molecule is CC(C)(C)OC(=O)C1=C(CCl)CS[C@@H]2[C@H](NC(=O)Cc3cccs3)C(=O)N12. The van der Waals surface area contributed by atoms with Crippen LogP contribution in [0.25, 0.3) is 0 Å². The van der Waals surface area contributed by atoms with Gasteiger partial charge in [0.05, 0.1) is 6.42 Å². The van der Waals surface area contributed by atoms with Crippen LogP contribution in [0.5, 0.6) is 0 Å². The molecule has 0 aromatic carbocycles. The highest BCUT2D eigenvalue weighted by Gasteiger charge is 2.54. The number of rotatable bonds is 5. The second-order valence-electron chi connectivity index (χ2n) is 7.30. The molecular weight excluding hydrogens is 408 g/mol. The zero-order valence-electron chi connectivity index (χ0n) is 15.3. The number of thioether (sulfide) groups is 1. The summed E-state index contributed by atoms with van der Waals surface area (Å²) < 4.78 is 5.45. The third-order valence-corrected chi connectivity index (χ3v) is 6.57. The van der Waals surface area contributed by atoms with Crippen molar-refractivity contribution in [3.63, 3.8) is 0 Å². The molecule has 0 spiro atoms. The molecule has 0 radical (unpaired) electrons. The van der Waals surface area contributed by atoms with Crippen molar-refractivity contribution in [2.45, 2.75) is 44.2 Å². The molecule has 2 aliphatic heterocycles. The van der Waals surface area contributed by atoms with Crippen LogP contribution in [0.3, 0.4) is 0 Å². The number of amides is 2. The Kier molecular flexibility index (Phi) is 5.88. The van der Waals surface area contributed by atoms with Crippen LogP contribution < -0.4 is 5.32 Å². The molecule has 1 fully saturated rings. The Labute approximate surface area is 171 Å². The second kappa shape index (κ2) is 7.85. The van der Waals surface area contributed by atoms with E-state index >= 15 is 0 Å². The molecule has 2 atom stereocenters. The van der Waals surface area contributed by atoms with Gasteiger partial charge >= 0.3 is 5.97 Å². The van der Waals surface area contributed by atoms with Gasteiger partial charge in [0.2, 0.25) is 5.91 Å². The fourth-order valence-electron chi connectivity index (χ4n) is 2.90. The first-order valence-electron chi connectivity index (χ1n) is 8.49. The van der Waals surface area contributed by atoms with E-state index in [1.807, 2.05) is 17.5 Å². The zero-order valence-corrected chi connectivity index (χ0v) is 17.7. The summed E-state index contributed by atoms with van der Waals surface area (Å²) in [5.74, 6) is -0.408. The van der Waals surface area contributed by atoms with Crippen LogP contribution in [-0.4, -0.2) is 51.3 Å². The number of thiophene rings is 1. The summed E-state index contributed by atoms with van der Waals surface area (Å²) in [6.45, 7) is 5.31. The Balaban J connectivity index is 1.72. The van der Waals surface area contributed by atoms with Crippen molar-refractivity contribution < 1.29 is 19.1 Å². The molecule has 146 valence electrons. The lowest BCUT2D eigenvalue weighted by Crippen LogP contribution is -2.70. The van der Waals surface area contributed by atoms with Gasteiger partial charge in [0.15, 0.2) is 0 Å². The number of ether oxygens (including phenoxy) is 1. The Morgan fingerprint density at radius 2 is 2.15 bits per heavy atom. The fourth-order valence-corrected chi connectivity index (χ4v) is 5.28. The van der Waals surface area contributed by atoms with Gasteiger partial charge in [-0.25, -0.2) is 4.79 Å². The lowest BCUT2D eigenvalue weighted by atomic mass is 10.0. The molecule has 0 unspecified atom stereocenters. The number of hydrogen-bond donors (Lipinski definition) is 1. The molecule has 27 heavy (non-hydrogen) atoms. The number of nitrogens with one attached hydrogen (secondary N) is 1. The molecule has 1 aromatic heterocycles. The Hall–Kier alpha value is -1.51. The monoisotopic (exact) mass is 428 g/mol. The van der Waals surface area contributed by atoms with E-state index in [9.17, 15) is 14.4 Å². The smallest absolute Gasteiger partial charge is 0.355 e. The number of fused-ring (bicyclic) bond motifs is 1. The lowest BCUT2D eigenvalue weighted by molar-refractivity contribution is -0.159. The van der Waals surface area contributed by atoms with Crippen LogP contribution >= 0.6 is 34.7 Å². The molecule has 6 nitrogen and oxygen atoms in total. The third-order valence-electron chi connectivity index (χ3n) is 4.03. The van der Waals surface area contributed by atoms with Crippen molar-refractivity contribution in [3.05, 3.63) is 33.7 Å². The molecule has 1 aromatic rings. The molecule has 0 saturated carbocycles. The minimum Gasteiger partial charge on any atom is -0.455 e. The number of carbonyl (C=O) groups is 3. The largest absolute Gasteiger partial charge is 0.455 e. The van der Waals surface area contributed by atoms with Crippen LogP contribution in [0, 0.1) is 0 Å². The van der Waals surface area contributed by atoms with Crippen molar-refractivity contribution in [3.8, 4) is 0 Å². The molecule has 3 heterocycles. The van der Waals surface area contributed by atoms with Crippen LogP contribution in [0.1, 0.15) is 25.6 Å². The number of nitrogens with zero attached hydrogens (tertiary/aromatic N) is 1. The number of esters is 1. The molecular formula is C18H21ClN2O4S2. The van der Waals surface area contributed by atoms with Crippen LogP contribution in [0.15, 0.2) is 28.8 Å². The van der Waals surface area contributed by atoms with Crippen LogP contribution in [0.4, 0.5) is 0 Å². The van der Waals surface area contributed by atoms with E-state index < -0.39 is 17.6 Å². The summed E-state index contributed by atoms with van der Waals surface area (Å²) in [7, 11) is 0. The highest BCUT2D eigenvalue weighted by molar-refractivity contribution is 8.00. The first kappa shape index (κ1) is 20.2. The van der Waals surface area contributed by atoms with Gasteiger partial charge in [-0.3, -0.25) is 14.5 Å². The summed E-state index contributed by atoms with van der Waals surface area (Å²) in [4.78, 5) is 39.9. The number of carbonyl (C=O) groups excluding carboxylic acids is 3. The lowest BCUT2D eigenvalue weighted by Gasteiger charge is -2.49. The zero-order chi connectivity index (χ0) is 19.8. The average Bonchev–Trinajstić information content (AvgIpc) is 3.09. The summed E-state index contributed by atoms with van der Waals surface area (Å²) in [5.41, 5.74) is 0.213. The minimum absolute atomic E-state index is 0.146. The summed E-state index contributed by atoms with van der Waals surface area (Å²) in [6.07, 6.45) is 0.237. The minimum atomic E-state index is -0.677. The predicted octanol–water partition coefficient (Wildman–Crippen LogP) is 2.53. The molecule has 1 saturated heterocycles. The number of alkyl halides is 1. The molecule has 3 rings (SSSR count). The topological polar surface area (TPSA) is 75.7 Å². The van der Waals surface area contributed by atoms with E-state index in [2.05, 4.69) is 5.32 Å². The Morgan fingerprint density at radius 3 is 2.74 bits per heavy atom. The standard InChI is InChI=1S/C18H21ClN2O4S2/c1-18(2,3)25-17(24)14-10(8-19)9-27-16-13(15(23)21(14)16)20-12(22)7-11-5-4-6-26-11/h4-6,13,16H,7-9H2,1-3H3,(H,20,22)/t13-,16-/m1/s1. The maximum atomic E-state index is 12.7. The van der Waals surface area contributed by atoms with E-state index in [1.165, 1.54) is 28.0 Å². The van der Waals surface area contributed by atoms with Gasteiger partial charge in [0.25, 0.3) is 5.91 Å². The van der Waals surface area contributed by atoms with Crippen molar-refractivity contribution in [2.24, 2.45) is 0 Å². The van der Waals surface area contributed by atoms with Crippen LogP contribution in [-0.2, 0) is 25.5 Å². The molecule has 1 N–H and O–H groups in total. The van der Waals surface area contributed by atoms with Gasteiger partial charge in [-0.15, -0.1) is 34.7 Å². The van der Waals surface area contributed by atoms with Gasteiger partial charge in [-0.1, -0.05) is 6.07 Å². The predicted molar refractivity (Wildman–Crippen MR) is 107 cm³/mol.